The molecule has 300 valence electrons. The van der Waals surface area contributed by atoms with Gasteiger partial charge in [0.15, 0.2) is 0 Å². The van der Waals surface area contributed by atoms with E-state index in [0.717, 1.165) is 30.3 Å². The van der Waals surface area contributed by atoms with Gasteiger partial charge in [-0.1, -0.05) is 127 Å². The minimum Gasteiger partial charge on any atom is -0.496 e. The third-order valence-electron chi connectivity index (χ3n) is 12.5. The molecule has 7 heteroatoms. The lowest BCUT2D eigenvalue weighted by Crippen LogP contribution is -2.53. The highest BCUT2D eigenvalue weighted by molar-refractivity contribution is 5.83. The molecule has 2 aliphatic heterocycles. The second kappa shape index (κ2) is 24.6. The Bertz CT molecular complexity index is 1440. The smallest absolute Gasteiger partial charge is 0.220 e. The van der Waals surface area contributed by atoms with Crippen LogP contribution in [0.15, 0.2) is 54.7 Å². The van der Waals surface area contributed by atoms with Gasteiger partial charge >= 0.3 is 0 Å². The molecule has 2 fully saturated rings. The highest BCUT2D eigenvalue weighted by atomic mass is 16.5. The number of aryl methyl sites for hydroxylation is 1. The molecule has 3 aromatic rings. The van der Waals surface area contributed by atoms with Gasteiger partial charge in [-0.3, -0.25) is 9.69 Å². The van der Waals surface area contributed by atoms with E-state index >= 15 is 0 Å². The number of methoxy groups -OCH3 is 1. The molecule has 3 heterocycles. The number of aromatic amines is 1. The zero-order chi connectivity index (χ0) is 37.6. The van der Waals surface area contributed by atoms with Crippen LogP contribution in [0.3, 0.4) is 0 Å². The van der Waals surface area contributed by atoms with Crippen molar-refractivity contribution >= 4 is 16.8 Å². The van der Waals surface area contributed by atoms with Gasteiger partial charge in [0.05, 0.1) is 7.11 Å². The number of nitrogens with one attached hydrogen (secondary N) is 3. The molecule has 2 aliphatic rings. The Hall–Kier alpha value is -2.87. The van der Waals surface area contributed by atoms with Gasteiger partial charge in [0.1, 0.15) is 5.75 Å². The SMILES string of the molecule is CCCCCCCCCCCCCCC(CNC(CNC(=O)CCc1ccccc1OC)Cc1c[nH]c2ccccc12)N1CCC(N2CCCCC2)CC1. The summed E-state index contributed by atoms with van der Waals surface area (Å²) in [5.74, 6) is 0.947. The van der Waals surface area contributed by atoms with E-state index in [1.54, 1.807) is 7.11 Å². The van der Waals surface area contributed by atoms with Crippen LogP contribution in [0.1, 0.15) is 140 Å². The van der Waals surface area contributed by atoms with Gasteiger partial charge in [0, 0.05) is 54.7 Å². The zero-order valence-corrected chi connectivity index (χ0v) is 34.2. The first-order chi connectivity index (χ1) is 26.6. The molecule has 0 bridgehead atoms. The van der Waals surface area contributed by atoms with Gasteiger partial charge in [0.25, 0.3) is 0 Å². The molecule has 0 radical (unpaired) electrons. The van der Waals surface area contributed by atoms with Crippen molar-refractivity contribution in [3.63, 3.8) is 0 Å². The molecule has 2 atom stereocenters. The van der Waals surface area contributed by atoms with E-state index in [4.69, 9.17) is 4.74 Å². The summed E-state index contributed by atoms with van der Waals surface area (Å²) < 4.78 is 5.53. The molecule has 3 N–H and O–H groups in total. The Morgan fingerprint density at radius 3 is 2.19 bits per heavy atom. The topological polar surface area (TPSA) is 72.6 Å². The van der Waals surface area contributed by atoms with Crippen LogP contribution in [0.5, 0.6) is 5.75 Å². The molecule has 0 spiro atoms. The predicted octanol–water partition coefficient (Wildman–Crippen LogP) is 9.84. The molecule has 1 amide bonds. The molecule has 2 unspecified atom stereocenters. The average molecular weight is 742 g/mol. The summed E-state index contributed by atoms with van der Waals surface area (Å²) in [5.41, 5.74) is 3.56. The third kappa shape index (κ3) is 14.3. The van der Waals surface area contributed by atoms with Gasteiger partial charge in [-0.05, 0) is 94.4 Å². The Morgan fingerprint density at radius 1 is 0.796 bits per heavy atom. The number of H-pyrrole nitrogens is 1. The number of nitrogens with zero attached hydrogens (tertiary/aromatic N) is 2. The Labute approximate surface area is 328 Å². The lowest BCUT2D eigenvalue weighted by molar-refractivity contribution is -0.121. The molecular formula is C47H75N5O2. The van der Waals surface area contributed by atoms with E-state index in [-0.39, 0.29) is 11.9 Å². The number of rotatable bonds is 26. The normalized spacial score (nSPS) is 17.1. The highest BCUT2D eigenvalue weighted by Crippen LogP contribution is 2.25. The highest BCUT2D eigenvalue weighted by Gasteiger charge is 2.29. The number of fused-ring (bicyclic) bond motifs is 1. The number of carbonyl (C=O) groups excluding carboxylic acids is 1. The number of carbonyl (C=O) groups is 1. The van der Waals surface area contributed by atoms with Crippen LogP contribution in [0.4, 0.5) is 0 Å². The van der Waals surface area contributed by atoms with E-state index in [9.17, 15) is 4.79 Å². The van der Waals surface area contributed by atoms with Crippen molar-refractivity contribution in [2.45, 2.75) is 160 Å². The Balaban J connectivity index is 1.15. The van der Waals surface area contributed by atoms with Gasteiger partial charge in [-0.15, -0.1) is 0 Å². The second-order valence-corrected chi connectivity index (χ2v) is 16.5. The third-order valence-corrected chi connectivity index (χ3v) is 12.5. The van der Waals surface area contributed by atoms with Crippen LogP contribution in [-0.4, -0.2) is 85.2 Å². The number of aromatic nitrogens is 1. The summed E-state index contributed by atoms with van der Waals surface area (Å²) >= 11 is 0. The first kappa shape index (κ1) is 42.3. The fourth-order valence-electron chi connectivity index (χ4n) is 9.10. The van der Waals surface area contributed by atoms with Crippen molar-refractivity contribution in [1.29, 1.82) is 0 Å². The standard InChI is InChI=1S/C47H75N5O2/c1-3-4-5-6-7-8-9-10-11-12-13-15-23-43(52-33-29-42(30-34-52)51-31-20-14-21-32-51)38-48-41(35-40-36-49-45-25-18-17-24-44(40)45)37-50-47(53)28-27-39-22-16-19-26-46(39)54-2/h16-19,22,24-26,36,41-43,48-49H,3-15,20-21,23,27-35,37-38H2,1-2H3,(H,50,53). The number of amides is 1. The molecule has 0 aliphatic carbocycles. The van der Waals surface area contributed by atoms with Crippen molar-refractivity contribution in [3.8, 4) is 5.75 Å². The maximum absolute atomic E-state index is 13.2. The number of hydrogen-bond donors (Lipinski definition) is 3. The molecule has 2 aromatic carbocycles. The quantitative estimate of drug-likeness (QED) is 0.0715. The minimum atomic E-state index is 0.0967. The number of likely N-dealkylation sites (tertiary alicyclic amines) is 2. The summed E-state index contributed by atoms with van der Waals surface area (Å²) in [7, 11) is 1.70. The van der Waals surface area contributed by atoms with E-state index in [1.165, 1.54) is 158 Å². The number of ether oxygens (including phenoxy) is 1. The van der Waals surface area contributed by atoms with Crippen LogP contribution < -0.4 is 15.4 Å². The van der Waals surface area contributed by atoms with E-state index in [2.05, 4.69) is 68.9 Å². The average Bonchev–Trinajstić information content (AvgIpc) is 3.63. The van der Waals surface area contributed by atoms with Gasteiger partial charge < -0.3 is 25.3 Å². The fraction of sp³-hybridized carbons (Fsp3) is 0.681. The fourth-order valence-corrected chi connectivity index (χ4v) is 9.10. The van der Waals surface area contributed by atoms with Gasteiger partial charge in [0.2, 0.25) is 5.91 Å². The second-order valence-electron chi connectivity index (χ2n) is 16.5. The maximum Gasteiger partial charge on any atom is 0.220 e. The van der Waals surface area contributed by atoms with Crippen molar-refractivity contribution in [3.05, 3.63) is 65.9 Å². The van der Waals surface area contributed by atoms with Gasteiger partial charge in [-0.25, -0.2) is 0 Å². The van der Waals surface area contributed by atoms with Crippen LogP contribution in [0.2, 0.25) is 0 Å². The first-order valence-corrected chi connectivity index (χ1v) is 22.3. The summed E-state index contributed by atoms with van der Waals surface area (Å²) in [6, 6.07) is 18.0. The number of hydrogen-bond acceptors (Lipinski definition) is 5. The number of para-hydroxylation sites is 2. The minimum absolute atomic E-state index is 0.0967. The summed E-state index contributed by atoms with van der Waals surface area (Å²) in [5, 5.41) is 8.63. The molecule has 54 heavy (non-hydrogen) atoms. The molecule has 1 aromatic heterocycles. The molecular weight excluding hydrogens is 667 g/mol. The molecule has 2 saturated heterocycles. The summed E-state index contributed by atoms with van der Waals surface area (Å²) in [4.78, 5) is 22.3. The zero-order valence-electron chi connectivity index (χ0n) is 34.2. The Kier molecular flexibility index (Phi) is 19.3. The Morgan fingerprint density at radius 2 is 1.46 bits per heavy atom. The summed E-state index contributed by atoms with van der Waals surface area (Å²) in [6.45, 7) is 8.90. The number of unbranched alkanes of at least 4 members (excludes halogenated alkanes) is 11. The number of benzene rings is 2. The lowest BCUT2D eigenvalue weighted by Gasteiger charge is -2.43. The van der Waals surface area contributed by atoms with Gasteiger partial charge in [-0.2, -0.15) is 0 Å². The van der Waals surface area contributed by atoms with E-state index in [0.29, 0.717) is 25.4 Å². The molecule has 7 nitrogen and oxygen atoms in total. The number of piperidine rings is 2. The van der Waals surface area contributed by atoms with Crippen LogP contribution in [0, 0.1) is 0 Å². The van der Waals surface area contributed by atoms with E-state index < -0.39 is 0 Å². The van der Waals surface area contributed by atoms with Crippen molar-refractivity contribution in [2.75, 3.05) is 46.4 Å². The van der Waals surface area contributed by atoms with Crippen molar-refractivity contribution in [1.82, 2.24) is 25.4 Å². The van der Waals surface area contributed by atoms with Crippen molar-refractivity contribution < 1.29 is 9.53 Å². The van der Waals surface area contributed by atoms with Crippen LogP contribution in [-0.2, 0) is 17.6 Å². The lowest BCUT2D eigenvalue weighted by atomic mass is 9.96. The maximum atomic E-state index is 13.2. The first-order valence-electron chi connectivity index (χ1n) is 22.3. The summed E-state index contributed by atoms with van der Waals surface area (Å²) in [6.07, 6.45) is 28.9. The van der Waals surface area contributed by atoms with Crippen molar-refractivity contribution in [2.24, 2.45) is 0 Å². The monoisotopic (exact) mass is 742 g/mol. The molecule has 0 saturated carbocycles. The predicted molar refractivity (Wildman–Crippen MR) is 228 cm³/mol. The largest absolute Gasteiger partial charge is 0.496 e. The van der Waals surface area contributed by atoms with Crippen LogP contribution in [0.25, 0.3) is 10.9 Å². The molecule has 5 rings (SSSR count). The van der Waals surface area contributed by atoms with Crippen LogP contribution >= 0.6 is 0 Å². The van der Waals surface area contributed by atoms with E-state index in [1.807, 2.05) is 18.2 Å².